The smallest absolute Gasteiger partial charge is 0.235 e. The lowest BCUT2D eigenvalue weighted by molar-refractivity contribution is -0.132. The van der Waals surface area contributed by atoms with Gasteiger partial charge in [0, 0.05) is 37.7 Å². The minimum Gasteiger partial charge on any atom is -0.339 e. The zero-order valence-electron chi connectivity index (χ0n) is 12.7. The van der Waals surface area contributed by atoms with E-state index in [1.807, 2.05) is 24.0 Å². The standard InChI is InChI=1S/C16H23ClN2OS/c1-3-21-13(2)16(20)19-10-8-18(9-11-19)12-14-4-6-15(17)7-5-14/h4-7,13H,3,8-12H2,1-2H3. The average Bonchev–Trinajstić information content (AvgIpc) is 2.50. The molecule has 1 aromatic rings. The maximum absolute atomic E-state index is 12.3. The summed E-state index contributed by atoms with van der Waals surface area (Å²) in [5.41, 5.74) is 1.27. The molecule has 1 fully saturated rings. The van der Waals surface area contributed by atoms with E-state index in [0.29, 0.717) is 0 Å². The number of halogens is 1. The topological polar surface area (TPSA) is 23.6 Å². The predicted octanol–water partition coefficient (Wildman–Crippen LogP) is 3.13. The van der Waals surface area contributed by atoms with E-state index >= 15 is 0 Å². The number of nitrogens with zero attached hydrogens (tertiary/aromatic N) is 2. The molecule has 1 saturated heterocycles. The van der Waals surface area contributed by atoms with Crippen molar-refractivity contribution in [2.24, 2.45) is 0 Å². The molecular weight excluding hydrogens is 304 g/mol. The first-order valence-corrected chi connectivity index (χ1v) is 8.90. The minimum absolute atomic E-state index is 0.0813. The molecule has 5 heteroatoms. The molecule has 2 rings (SSSR count). The number of hydrogen-bond donors (Lipinski definition) is 0. The highest BCUT2D eigenvalue weighted by atomic mass is 35.5. The Hall–Kier alpha value is -0.710. The van der Waals surface area contributed by atoms with E-state index < -0.39 is 0 Å². The maximum Gasteiger partial charge on any atom is 0.235 e. The van der Waals surface area contributed by atoms with Gasteiger partial charge in [0.15, 0.2) is 0 Å². The van der Waals surface area contributed by atoms with Crippen LogP contribution >= 0.6 is 23.4 Å². The van der Waals surface area contributed by atoms with Crippen molar-refractivity contribution in [2.45, 2.75) is 25.6 Å². The number of amides is 1. The summed E-state index contributed by atoms with van der Waals surface area (Å²) in [4.78, 5) is 16.7. The van der Waals surface area contributed by atoms with Crippen LogP contribution in [0.3, 0.4) is 0 Å². The van der Waals surface area contributed by atoms with Gasteiger partial charge in [-0.1, -0.05) is 30.7 Å². The molecule has 1 heterocycles. The second-order valence-electron chi connectivity index (χ2n) is 5.33. The second-order valence-corrected chi connectivity index (χ2v) is 7.38. The van der Waals surface area contributed by atoms with E-state index in [2.05, 4.69) is 24.0 Å². The lowest BCUT2D eigenvalue weighted by Crippen LogP contribution is -2.50. The van der Waals surface area contributed by atoms with E-state index in [1.165, 1.54) is 5.56 Å². The highest BCUT2D eigenvalue weighted by Crippen LogP contribution is 2.16. The monoisotopic (exact) mass is 326 g/mol. The summed E-state index contributed by atoms with van der Waals surface area (Å²) < 4.78 is 0. The third-order valence-corrected chi connectivity index (χ3v) is 5.05. The number of rotatable bonds is 5. The largest absolute Gasteiger partial charge is 0.339 e. The van der Waals surface area contributed by atoms with Crippen molar-refractivity contribution in [1.82, 2.24) is 9.80 Å². The molecule has 1 aromatic carbocycles. The molecular formula is C16H23ClN2OS. The first-order chi connectivity index (χ1) is 10.1. The predicted molar refractivity (Wildman–Crippen MR) is 90.9 cm³/mol. The van der Waals surface area contributed by atoms with Gasteiger partial charge in [0.1, 0.15) is 0 Å². The first kappa shape index (κ1) is 16.7. The number of thioether (sulfide) groups is 1. The van der Waals surface area contributed by atoms with Gasteiger partial charge in [0.25, 0.3) is 0 Å². The Labute approximate surface area is 136 Å². The maximum atomic E-state index is 12.3. The normalized spacial score (nSPS) is 17.8. The fraction of sp³-hybridized carbons (Fsp3) is 0.562. The van der Waals surface area contributed by atoms with Gasteiger partial charge in [-0.2, -0.15) is 0 Å². The van der Waals surface area contributed by atoms with Gasteiger partial charge in [-0.3, -0.25) is 9.69 Å². The quantitative estimate of drug-likeness (QED) is 0.830. The molecule has 0 spiro atoms. The Morgan fingerprint density at radius 2 is 1.86 bits per heavy atom. The number of carbonyl (C=O) groups excluding carboxylic acids is 1. The van der Waals surface area contributed by atoms with Gasteiger partial charge in [-0.25, -0.2) is 0 Å². The van der Waals surface area contributed by atoms with Gasteiger partial charge in [-0.05, 0) is 30.4 Å². The summed E-state index contributed by atoms with van der Waals surface area (Å²) >= 11 is 7.62. The van der Waals surface area contributed by atoms with Crippen molar-refractivity contribution in [3.63, 3.8) is 0 Å². The number of carbonyl (C=O) groups is 1. The van der Waals surface area contributed by atoms with Crippen molar-refractivity contribution in [1.29, 1.82) is 0 Å². The Balaban J connectivity index is 1.80. The summed E-state index contributed by atoms with van der Waals surface area (Å²) in [6.45, 7) is 8.59. The van der Waals surface area contributed by atoms with Crippen LogP contribution in [0.25, 0.3) is 0 Å². The molecule has 0 aliphatic carbocycles. The van der Waals surface area contributed by atoms with Crippen LogP contribution in [0.15, 0.2) is 24.3 Å². The molecule has 1 atom stereocenters. The van der Waals surface area contributed by atoms with E-state index in [4.69, 9.17) is 11.6 Å². The van der Waals surface area contributed by atoms with Crippen molar-refractivity contribution < 1.29 is 4.79 Å². The summed E-state index contributed by atoms with van der Waals surface area (Å²) in [5, 5.41) is 0.856. The highest BCUT2D eigenvalue weighted by Gasteiger charge is 2.24. The fourth-order valence-corrected chi connectivity index (χ4v) is 3.47. The molecule has 116 valence electrons. The van der Waals surface area contributed by atoms with Crippen molar-refractivity contribution in [2.75, 3.05) is 31.9 Å². The molecule has 0 saturated carbocycles. The summed E-state index contributed by atoms with van der Waals surface area (Å²) in [7, 11) is 0. The van der Waals surface area contributed by atoms with Crippen LogP contribution in [0, 0.1) is 0 Å². The van der Waals surface area contributed by atoms with Gasteiger partial charge >= 0.3 is 0 Å². The summed E-state index contributed by atoms with van der Waals surface area (Å²) in [5.74, 6) is 1.27. The molecule has 3 nitrogen and oxygen atoms in total. The Morgan fingerprint density at radius 3 is 2.43 bits per heavy atom. The van der Waals surface area contributed by atoms with Crippen LogP contribution in [0.1, 0.15) is 19.4 Å². The zero-order valence-corrected chi connectivity index (χ0v) is 14.3. The Morgan fingerprint density at radius 1 is 1.24 bits per heavy atom. The third-order valence-electron chi connectivity index (χ3n) is 3.77. The second kappa shape index (κ2) is 8.06. The number of hydrogen-bond acceptors (Lipinski definition) is 3. The summed E-state index contributed by atoms with van der Waals surface area (Å²) in [6.07, 6.45) is 0. The van der Waals surface area contributed by atoms with Crippen molar-refractivity contribution >= 4 is 29.3 Å². The Kier molecular flexibility index (Phi) is 6.40. The van der Waals surface area contributed by atoms with Gasteiger partial charge in [-0.15, -0.1) is 11.8 Å². The van der Waals surface area contributed by atoms with E-state index in [0.717, 1.165) is 43.5 Å². The van der Waals surface area contributed by atoms with Gasteiger partial charge in [0.2, 0.25) is 5.91 Å². The molecule has 1 unspecified atom stereocenters. The van der Waals surface area contributed by atoms with E-state index in [1.54, 1.807) is 11.8 Å². The van der Waals surface area contributed by atoms with E-state index in [-0.39, 0.29) is 11.2 Å². The molecule has 1 aliphatic rings. The first-order valence-electron chi connectivity index (χ1n) is 7.47. The number of piperazine rings is 1. The molecule has 0 aromatic heterocycles. The van der Waals surface area contributed by atoms with E-state index in [9.17, 15) is 4.79 Å². The van der Waals surface area contributed by atoms with Crippen molar-refractivity contribution in [3.8, 4) is 0 Å². The highest BCUT2D eigenvalue weighted by molar-refractivity contribution is 8.00. The Bertz CT molecular complexity index is 458. The van der Waals surface area contributed by atoms with Crippen LogP contribution in [-0.4, -0.2) is 52.9 Å². The number of benzene rings is 1. The fourth-order valence-electron chi connectivity index (χ4n) is 2.55. The van der Waals surface area contributed by atoms with Crippen LogP contribution in [0.4, 0.5) is 0 Å². The molecule has 1 amide bonds. The lowest BCUT2D eigenvalue weighted by Gasteiger charge is -2.35. The SMILES string of the molecule is CCSC(C)C(=O)N1CCN(Cc2ccc(Cl)cc2)CC1. The zero-order chi connectivity index (χ0) is 15.2. The van der Waals surface area contributed by atoms with Gasteiger partial charge < -0.3 is 4.90 Å². The average molecular weight is 327 g/mol. The molecule has 21 heavy (non-hydrogen) atoms. The van der Waals surface area contributed by atoms with Crippen LogP contribution in [0.5, 0.6) is 0 Å². The van der Waals surface area contributed by atoms with Crippen LogP contribution < -0.4 is 0 Å². The molecule has 0 N–H and O–H groups in total. The minimum atomic E-state index is 0.0813. The van der Waals surface area contributed by atoms with Crippen LogP contribution in [0.2, 0.25) is 5.02 Å². The molecule has 0 bridgehead atoms. The molecule has 1 aliphatic heterocycles. The third kappa shape index (κ3) is 4.90. The van der Waals surface area contributed by atoms with Gasteiger partial charge in [0.05, 0.1) is 5.25 Å². The lowest BCUT2D eigenvalue weighted by atomic mass is 10.2. The summed E-state index contributed by atoms with van der Waals surface area (Å²) in [6, 6.07) is 8.00. The van der Waals surface area contributed by atoms with Crippen molar-refractivity contribution in [3.05, 3.63) is 34.9 Å². The molecule has 0 radical (unpaired) electrons. The van der Waals surface area contributed by atoms with Crippen LogP contribution in [-0.2, 0) is 11.3 Å².